The number of ether oxygens (including phenoxy) is 2. The molecule has 0 saturated carbocycles. The van der Waals surface area contributed by atoms with E-state index in [9.17, 15) is 4.79 Å². The first-order valence-electron chi connectivity index (χ1n) is 9.47. The zero-order valence-corrected chi connectivity index (χ0v) is 16.9. The van der Waals surface area contributed by atoms with Crippen molar-refractivity contribution < 1.29 is 14.3 Å². The molecule has 0 bridgehead atoms. The summed E-state index contributed by atoms with van der Waals surface area (Å²) in [5.74, 6) is 0.150. The molecule has 2 aromatic heterocycles. The fraction of sp³-hybridized carbons (Fsp3) is 0.318. The molecule has 1 aromatic carbocycles. The van der Waals surface area contributed by atoms with E-state index in [0.717, 1.165) is 17.0 Å². The van der Waals surface area contributed by atoms with Crippen LogP contribution in [0.2, 0.25) is 0 Å². The lowest BCUT2D eigenvalue weighted by Crippen LogP contribution is -2.45. The summed E-state index contributed by atoms with van der Waals surface area (Å²) in [5.41, 5.74) is 2.60. The molecule has 1 amide bonds. The molecular formula is C22H26N4O3. The number of nitrogens with one attached hydrogen (secondary N) is 2. The van der Waals surface area contributed by atoms with Crippen LogP contribution in [0.3, 0.4) is 0 Å². The highest BCUT2D eigenvalue weighted by atomic mass is 16.5. The molecule has 7 heteroatoms. The van der Waals surface area contributed by atoms with Crippen LogP contribution in [0, 0.1) is 0 Å². The van der Waals surface area contributed by atoms with Gasteiger partial charge in [0.05, 0.1) is 12.3 Å². The van der Waals surface area contributed by atoms with Crippen LogP contribution < -0.4 is 10.1 Å². The molecule has 0 fully saturated rings. The molecule has 0 aliphatic rings. The zero-order chi connectivity index (χ0) is 20.7. The number of rotatable bonds is 9. The minimum absolute atomic E-state index is 0.256. The molecule has 0 unspecified atom stereocenters. The summed E-state index contributed by atoms with van der Waals surface area (Å²) in [4.78, 5) is 17.0. The van der Waals surface area contributed by atoms with E-state index >= 15 is 0 Å². The number of aromatic nitrogens is 3. The van der Waals surface area contributed by atoms with E-state index in [-0.39, 0.29) is 11.6 Å². The van der Waals surface area contributed by atoms with Crippen molar-refractivity contribution >= 4 is 5.91 Å². The van der Waals surface area contributed by atoms with Gasteiger partial charge in [-0.05, 0) is 32.0 Å². The maximum absolute atomic E-state index is 12.8. The fourth-order valence-corrected chi connectivity index (χ4v) is 3.01. The van der Waals surface area contributed by atoms with Crippen LogP contribution in [0.15, 0.2) is 54.7 Å². The smallest absolute Gasteiger partial charge is 0.274 e. The molecule has 0 atom stereocenters. The number of nitrogens with zero attached hydrogens (tertiary/aromatic N) is 2. The predicted octanol–water partition coefficient (Wildman–Crippen LogP) is 3.25. The number of methoxy groups -OCH3 is 1. The zero-order valence-electron chi connectivity index (χ0n) is 16.9. The third-order valence-corrected chi connectivity index (χ3v) is 4.32. The van der Waals surface area contributed by atoms with Crippen molar-refractivity contribution in [3.8, 4) is 17.0 Å². The van der Waals surface area contributed by atoms with Crippen molar-refractivity contribution in [3.05, 3.63) is 66.1 Å². The molecule has 3 rings (SSSR count). The highest BCUT2D eigenvalue weighted by Gasteiger charge is 2.25. The Kier molecular flexibility index (Phi) is 6.61. The summed E-state index contributed by atoms with van der Waals surface area (Å²) >= 11 is 0. The largest absolute Gasteiger partial charge is 0.489 e. The molecule has 7 nitrogen and oxygen atoms in total. The van der Waals surface area contributed by atoms with E-state index in [4.69, 9.17) is 9.47 Å². The molecule has 0 aliphatic carbocycles. The van der Waals surface area contributed by atoms with Crippen molar-refractivity contribution in [2.24, 2.45) is 0 Å². The van der Waals surface area contributed by atoms with Gasteiger partial charge in [-0.1, -0.05) is 30.3 Å². The lowest BCUT2D eigenvalue weighted by molar-refractivity contribution is 0.0899. The Morgan fingerprint density at radius 1 is 1.14 bits per heavy atom. The van der Waals surface area contributed by atoms with Gasteiger partial charge in [0.2, 0.25) is 0 Å². The second-order valence-electron chi connectivity index (χ2n) is 7.35. The SMILES string of the molecule is COCCOc1cccnc1C(=O)NC(C)(C)Cc1cc(-c2ccccc2)n[nH]1. The van der Waals surface area contributed by atoms with Crippen LogP contribution in [-0.2, 0) is 11.2 Å². The van der Waals surface area contributed by atoms with Gasteiger partial charge in [0, 0.05) is 36.5 Å². The highest BCUT2D eigenvalue weighted by Crippen LogP contribution is 2.21. The van der Waals surface area contributed by atoms with Crippen LogP contribution in [0.5, 0.6) is 5.75 Å². The summed E-state index contributed by atoms with van der Waals surface area (Å²) < 4.78 is 10.6. The van der Waals surface area contributed by atoms with Gasteiger partial charge < -0.3 is 14.8 Å². The number of carbonyl (C=O) groups is 1. The number of amides is 1. The first-order valence-corrected chi connectivity index (χ1v) is 9.47. The number of aromatic amines is 1. The van der Waals surface area contributed by atoms with Crippen LogP contribution >= 0.6 is 0 Å². The van der Waals surface area contributed by atoms with Crippen molar-refractivity contribution in [2.75, 3.05) is 20.3 Å². The van der Waals surface area contributed by atoms with E-state index in [1.165, 1.54) is 0 Å². The van der Waals surface area contributed by atoms with E-state index in [1.54, 1.807) is 25.4 Å². The molecule has 0 saturated heterocycles. The van der Waals surface area contributed by atoms with Crippen molar-refractivity contribution in [2.45, 2.75) is 25.8 Å². The average Bonchev–Trinajstić information content (AvgIpc) is 3.16. The van der Waals surface area contributed by atoms with Crippen LogP contribution in [0.25, 0.3) is 11.3 Å². The Hall–Kier alpha value is -3.19. The number of hydrogen-bond acceptors (Lipinski definition) is 5. The summed E-state index contributed by atoms with van der Waals surface area (Å²) in [7, 11) is 1.60. The molecule has 2 N–H and O–H groups in total. The van der Waals surface area contributed by atoms with Gasteiger partial charge in [-0.2, -0.15) is 5.10 Å². The standard InChI is InChI=1S/C22H26N4O3/c1-22(2,15-17-14-18(26-25-17)16-8-5-4-6-9-16)24-21(27)20-19(10-7-11-23-20)29-13-12-28-3/h4-11,14H,12-13,15H2,1-3H3,(H,24,27)(H,25,26). The minimum atomic E-state index is -0.515. The number of H-pyrrole nitrogens is 1. The van der Waals surface area contributed by atoms with Gasteiger partial charge in [-0.15, -0.1) is 0 Å². The van der Waals surface area contributed by atoms with Crippen molar-refractivity contribution in [1.82, 2.24) is 20.5 Å². The second kappa shape index (κ2) is 9.34. The normalized spacial score (nSPS) is 11.3. The summed E-state index contributed by atoms with van der Waals surface area (Å²) in [6.45, 7) is 4.71. The van der Waals surface area contributed by atoms with Gasteiger partial charge in [0.1, 0.15) is 6.61 Å². The number of carbonyl (C=O) groups excluding carboxylic acids is 1. The molecular weight excluding hydrogens is 368 g/mol. The van der Waals surface area contributed by atoms with Gasteiger partial charge in [0.15, 0.2) is 11.4 Å². The number of benzene rings is 1. The molecule has 152 valence electrons. The third-order valence-electron chi connectivity index (χ3n) is 4.32. The van der Waals surface area contributed by atoms with Crippen LogP contribution in [-0.4, -0.2) is 47.0 Å². The Morgan fingerprint density at radius 2 is 1.93 bits per heavy atom. The fourth-order valence-electron chi connectivity index (χ4n) is 3.01. The Bertz CT molecular complexity index is 938. The molecule has 0 aliphatic heterocycles. The van der Waals surface area contributed by atoms with E-state index in [1.807, 2.05) is 50.2 Å². The number of pyridine rings is 1. The third kappa shape index (κ3) is 5.65. The molecule has 3 aromatic rings. The van der Waals surface area contributed by atoms with Crippen molar-refractivity contribution in [1.29, 1.82) is 0 Å². The average molecular weight is 394 g/mol. The highest BCUT2D eigenvalue weighted by molar-refractivity contribution is 5.95. The van der Waals surface area contributed by atoms with Gasteiger partial charge >= 0.3 is 0 Å². The van der Waals surface area contributed by atoms with Gasteiger partial charge in [-0.25, -0.2) is 4.98 Å². The number of hydrogen-bond donors (Lipinski definition) is 2. The minimum Gasteiger partial charge on any atom is -0.489 e. The molecule has 29 heavy (non-hydrogen) atoms. The molecule has 0 radical (unpaired) electrons. The van der Waals surface area contributed by atoms with E-state index in [0.29, 0.717) is 25.4 Å². The van der Waals surface area contributed by atoms with Gasteiger partial charge in [-0.3, -0.25) is 9.89 Å². The van der Waals surface area contributed by atoms with Crippen LogP contribution in [0.4, 0.5) is 0 Å². The quantitative estimate of drug-likeness (QED) is 0.544. The maximum atomic E-state index is 12.8. The van der Waals surface area contributed by atoms with Gasteiger partial charge in [0.25, 0.3) is 5.91 Å². The van der Waals surface area contributed by atoms with Crippen LogP contribution in [0.1, 0.15) is 30.0 Å². The Morgan fingerprint density at radius 3 is 2.69 bits per heavy atom. The topological polar surface area (TPSA) is 89.1 Å². The lowest BCUT2D eigenvalue weighted by Gasteiger charge is -2.25. The summed E-state index contributed by atoms with van der Waals surface area (Å²) in [6.07, 6.45) is 2.16. The Balaban J connectivity index is 1.67. The first-order chi connectivity index (χ1) is 14.0. The first kappa shape index (κ1) is 20.5. The molecule has 2 heterocycles. The monoisotopic (exact) mass is 394 g/mol. The summed E-state index contributed by atoms with van der Waals surface area (Å²) in [6, 6.07) is 15.4. The summed E-state index contributed by atoms with van der Waals surface area (Å²) in [5, 5.41) is 10.5. The Labute approximate surface area is 170 Å². The predicted molar refractivity (Wildman–Crippen MR) is 111 cm³/mol. The lowest BCUT2D eigenvalue weighted by atomic mass is 9.97. The maximum Gasteiger partial charge on any atom is 0.274 e. The van der Waals surface area contributed by atoms with E-state index < -0.39 is 5.54 Å². The van der Waals surface area contributed by atoms with E-state index in [2.05, 4.69) is 20.5 Å². The molecule has 0 spiro atoms. The van der Waals surface area contributed by atoms with Crippen molar-refractivity contribution in [3.63, 3.8) is 0 Å². The second-order valence-corrected chi connectivity index (χ2v) is 7.35.